The number of oxazole rings is 1. The maximum absolute atomic E-state index is 12.9. The van der Waals surface area contributed by atoms with Gasteiger partial charge in [0.1, 0.15) is 0 Å². The monoisotopic (exact) mass is 426 g/mol. The molecule has 0 radical (unpaired) electrons. The molecule has 2 aromatic heterocycles. The molecule has 6 heteroatoms. The van der Waals surface area contributed by atoms with E-state index < -0.39 is 0 Å². The van der Waals surface area contributed by atoms with Gasteiger partial charge >= 0.3 is 0 Å². The molecular weight excluding hydrogens is 400 g/mol. The molecule has 5 rings (SSSR count). The van der Waals surface area contributed by atoms with Crippen molar-refractivity contribution in [1.82, 2.24) is 9.97 Å². The average molecular weight is 427 g/mol. The second kappa shape index (κ2) is 7.64. The second-order valence-electron chi connectivity index (χ2n) is 8.62. The molecule has 3 heterocycles. The Kier molecular flexibility index (Phi) is 4.78. The zero-order chi connectivity index (χ0) is 22.3. The third-order valence-corrected chi connectivity index (χ3v) is 5.78. The van der Waals surface area contributed by atoms with Crippen LogP contribution in [0.2, 0.25) is 0 Å². The van der Waals surface area contributed by atoms with E-state index in [4.69, 9.17) is 4.42 Å². The number of nitrogens with zero attached hydrogens (tertiary/aromatic N) is 3. The van der Waals surface area contributed by atoms with Crippen LogP contribution in [0.4, 0.5) is 11.4 Å². The van der Waals surface area contributed by atoms with Crippen LogP contribution in [-0.4, -0.2) is 21.4 Å². The maximum atomic E-state index is 12.9. The lowest BCUT2D eigenvalue weighted by atomic mass is 10.0. The summed E-state index contributed by atoms with van der Waals surface area (Å²) in [4.78, 5) is 23.8. The van der Waals surface area contributed by atoms with Crippen LogP contribution in [0.3, 0.4) is 0 Å². The topological polar surface area (TPSA) is 71.3 Å². The number of nitrogens with one attached hydrogen (secondary N) is 1. The van der Waals surface area contributed by atoms with E-state index in [1.807, 2.05) is 60.7 Å². The van der Waals surface area contributed by atoms with Gasteiger partial charge in [-0.15, -0.1) is 0 Å². The maximum Gasteiger partial charge on any atom is 0.255 e. The molecule has 1 aliphatic rings. The summed E-state index contributed by atoms with van der Waals surface area (Å²) in [5.41, 5.74) is 5.59. The Morgan fingerprint density at radius 2 is 1.94 bits per heavy atom. The van der Waals surface area contributed by atoms with Gasteiger partial charge in [-0.25, -0.2) is 4.98 Å². The first-order chi connectivity index (χ1) is 15.4. The number of hydrogen-bond acceptors (Lipinski definition) is 5. The predicted molar refractivity (Wildman–Crippen MR) is 129 cm³/mol. The van der Waals surface area contributed by atoms with E-state index in [1.54, 1.807) is 6.20 Å². The summed E-state index contributed by atoms with van der Waals surface area (Å²) in [5.74, 6) is 0.352. The average Bonchev–Trinajstić information content (AvgIpc) is 3.34. The van der Waals surface area contributed by atoms with Crippen LogP contribution in [0.25, 0.3) is 22.7 Å². The first-order valence-electron chi connectivity index (χ1n) is 10.6. The lowest BCUT2D eigenvalue weighted by Crippen LogP contribution is -2.38. The molecule has 6 nitrogen and oxygen atoms in total. The molecule has 0 unspecified atom stereocenters. The van der Waals surface area contributed by atoms with E-state index in [2.05, 4.69) is 47.0 Å². The largest absolute Gasteiger partial charge is 0.434 e. The van der Waals surface area contributed by atoms with Crippen molar-refractivity contribution in [2.24, 2.45) is 0 Å². The fourth-order valence-electron chi connectivity index (χ4n) is 4.19. The van der Waals surface area contributed by atoms with Crippen molar-refractivity contribution in [3.05, 3.63) is 84.2 Å². The number of amides is 1. The molecule has 0 bridgehead atoms. The summed E-state index contributed by atoms with van der Waals surface area (Å²) in [6.45, 7) is 6.53. The fraction of sp³-hybridized carbons (Fsp3) is 0.192. The smallest absolute Gasteiger partial charge is 0.255 e. The van der Waals surface area contributed by atoms with Crippen LogP contribution in [0, 0.1) is 0 Å². The molecule has 162 valence electrons. The Balaban J connectivity index is 0.00000259. The summed E-state index contributed by atoms with van der Waals surface area (Å²) in [6, 6.07) is 18.8. The number of hydrogen-bond donors (Lipinski definition) is 1. The number of benzene rings is 2. The fourth-order valence-corrected chi connectivity index (χ4v) is 4.19. The predicted octanol–water partition coefficient (Wildman–Crippen LogP) is 6.28. The van der Waals surface area contributed by atoms with Gasteiger partial charge < -0.3 is 14.6 Å². The molecule has 0 saturated heterocycles. The molecule has 32 heavy (non-hydrogen) atoms. The number of carbonyl (C=O) groups excluding carboxylic acids is 1. The first-order valence-corrected chi connectivity index (χ1v) is 10.6. The Hall–Kier alpha value is -3.93. The van der Waals surface area contributed by atoms with Crippen molar-refractivity contribution in [2.45, 2.75) is 32.7 Å². The minimum Gasteiger partial charge on any atom is -0.434 e. The number of aromatic nitrogens is 2. The van der Waals surface area contributed by atoms with Crippen LogP contribution in [0.1, 0.15) is 39.0 Å². The number of pyridine rings is 1. The molecule has 0 spiro atoms. The number of anilines is 2. The molecule has 0 saturated carbocycles. The van der Waals surface area contributed by atoms with Crippen molar-refractivity contribution in [2.75, 3.05) is 10.2 Å². The standard InChI is InChI=1S/C26H24N4O2.H2/c1-17-13-14-26(2,3)30(17)21-7-4-6-19(16-21)24(31)28-20-11-9-18(10-12-20)25-29-23-22(32-25)8-5-15-27-23;/h4-13,15-16H,14H2,1-3H3,(H,28,31);1H. The Morgan fingerprint density at radius 1 is 1.12 bits per heavy atom. The minimum atomic E-state index is -0.149. The molecule has 0 aliphatic carbocycles. The lowest BCUT2D eigenvalue weighted by molar-refractivity contribution is 0.102. The van der Waals surface area contributed by atoms with Crippen LogP contribution in [0.5, 0.6) is 0 Å². The molecule has 2 aromatic carbocycles. The van der Waals surface area contributed by atoms with Gasteiger partial charge in [0.25, 0.3) is 5.91 Å². The van der Waals surface area contributed by atoms with Gasteiger partial charge in [-0.05, 0) is 81.8 Å². The quantitative estimate of drug-likeness (QED) is 0.416. The van der Waals surface area contributed by atoms with Gasteiger partial charge in [0, 0.05) is 41.4 Å². The number of allylic oxidation sites excluding steroid dienone is 1. The van der Waals surface area contributed by atoms with E-state index in [0.29, 0.717) is 28.4 Å². The molecule has 1 aliphatic heterocycles. The molecule has 0 fully saturated rings. The van der Waals surface area contributed by atoms with Crippen molar-refractivity contribution in [1.29, 1.82) is 0 Å². The summed E-state index contributed by atoms with van der Waals surface area (Å²) < 4.78 is 5.76. The number of rotatable bonds is 4. The Labute approximate surface area is 188 Å². The molecular formula is C26H26N4O2. The summed E-state index contributed by atoms with van der Waals surface area (Å²) in [6.07, 6.45) is 4.91. The van der Waals surface area contributed by atoms with E-state index in [9.17, 15) is 4.79 Å². The third-order valence-electron chi connectivity index (χ3n) is 5.78. The van der Waals surface area contributed by atoms with E-state index in [1.165, 1.54) is 5.70 Å². The normalized spacial score (nSPS) is 15.1. The van der Waals surface area contributed by atoms with E-state index >= 15 is 0 Å². The van der Waals surface area contributed by atoms with Crippen LogP contribution >= 0.6 is 0 Å². The second-order valence-corrected chi connectivity index (χ2v) is 8.62. The van der Waals surface area contributed by atoms with Gasteiger partial charge in [0.05, 0.1) is 0 Å². The van der Waals surface area contributed by atoms with E-state index in [0.717, 1.165) is 17.7 Å². The highest BCUT2D eigenvalue weighted by Gasteiger charge is 2.32. The van der Waals surface area contributed by atoms with Crippen molar-refractivity contribution < 1.29 is 10.6 Å². The summed E-state index contributed by atoms with van der Waals surface area (Å²) >= 11 is 0. The van der Waals surface area contributed by atoms with Crippen LogP contribution < -0.4 is 10.2 Å². The Bertz CT molecular complexity index is 1310. The first kappa shape index (κ1) is 20.0. The zero-order valence-corrected chi connectivity index (χ0v) is 18.3. The van der Waals surface area contributed by atoms with Crippen LogP contribution in [-0.2, 0) is 0 Å². The van der Waals surface area contributed by atoms with Crippen LogP contribution in [0.15, 0.2) is 83.1 Å². The highest BCUT2D eigenvalue weighted by atomic mass is 16.3. The minimum absolute atomic E-state index is 0. The van der Waals surface area contributed by atoms with Gasteiger partial charge in [-0.3, -0.25) is 4.79 Å². The van der Waals surface area contributed by atoms with E-state index in [-0.39, 0.29) is 12.9 Å². The molecule has 0 atom stereocenters. The molecule has 4 aromatic rings. The molecule has 1 N–H and O–H groups in total. The van der Waals surface area contributed by atoms with Crippen molar-refractivity contribution in [3.63, 3.8) is 0 Å². The van der Waals surface area contributed by atoms with Crippen molar-refractivity contribution in [3.8, 4) is 11.5 Å². The molecule has 1 amide bonds. The number of carbonyl (C=O) groups is 1. The van der Waals surface area contributed by atoms with Crippen molar-refractivity contribution >= 4 is 28.5 Å². The highest BCUT2D eigenvalue weighted by Crippen LogP contribution is 2.36. The van der Waals surface area contributed by atoms with Gasteiger partial charge in [-0.2, -0.15) is 4.98 Å². The summed E-state index contributed by atoms with van der Waals surface area (Å²) in [5, 5.41) is 2.98. The lowest BCUT2D eigenvalue weighted by Gasteiger charge is -2.35. The summed E-state index contributed by atoms with van der Waals surface area (Å²) in [7, 11) is 0. The van der Waals surface area contributed by atoms with Gasteiger partial charge in [0.2, 0.25) is 5.89 Å². The third kappa shape index (κ3) is 3.64. The highest BCUT2D eigenvalue weighted by molar-refractivity contribution is 6.05. The van der Waals surface area contributed by atoms with Gasteiger partial charge in [-0.1, -0.05) is 12.1 Å². The Morgan fingerprint density at radius 3 is 2.66 bits per heavy atom. The van der Waals surface area contributed by atoms with Gasteiger partial charge in [0.15, 0.2) is 11.2 Å². The number of fused-ring (bicyclic) bond motifs is 1. The zero-order valence-electron chi connectivity index (χ0n) is 18.3. The SMILES string of the molecule is CC1=CCC(C)(C)N1c1cccc(C(=O)Nc2ccc(-c3nc4ncccc4o3)cc2)c1.[HH].